The molecule has 0 unspecified atom stereocenters. The number of carbonyl (C=O) groups excluding carboxylic acids is 1. The number of benzene rings is 1. The normalized spacial score (nSPS) is 14.3. The summed E-state index contributed by atoms with van der Waals surface area (Å²) < 4.78 is 5.59. The predicted octanol–water partition coefficient (Wildman–Crippen LogP) is 2.68. The third-order valence-corrected chi connectivity index (χ3v) is 3.31. The summed E-state index contributed by atoms with van der Waals surface area (Å²) in [5.41, 5.74) is 6.36. The average Bonchev–Trinajstić information content (AvgIpc) is 3.20. The molecule has 0 saturated heterocycles. The van der Waals surface area contributed by atoms with Gasteiger partial charge in [0, 0.05) is 24.3 Å². The molecule has 0 spiro atoms. The van der Waals surface area contributed by atoms with E-state index in [0.717, 1.165) is 25.1 Å². The van der Waals surface area contributed by atoms with Crippen LogP contribution in [0.5, 0.6) is 5.75 Å². The minimum Gasteiger partial charge on any atom is -0.493 e. The zero-order valence-corrected chi connectivity index (χ0v) is 12.3. The Morgan fingerprint density at radius 1 is 1.45 bits per heavy atom. The van der Waals surface area contributed by atoms with Gasteiger partial charge in [0.25, 0.3) is 0 Å². The predicted molar refractivity (Wildman–Crippen MR) is 80.5 cm³/mol. The SMILES string of the molecule is CC(C)CN(C(=O)CCOc1cccc(N)c1)C1CC1. The van der Waals surface area contributed by atoms with Crippen LogP contribution in [-0.2, 0) is 4.79 Å². The van der Waals surface area contributed by atoms with Gasteiger partial charge in [0.15, 0.2) is 0 Å². The first-order valence-electron chi connectivity index (χ1n) is 7.34. The fourth-order valence-electron chi connectivity index (χ4n) is 2.24. The van der Waals surface area contributed by atoms with E-state index < -0.39 is 0 Å². The van der Waals surface area contributed by atoms with E-state index in [1.807, 2.05) is 23.1 Å². The van der Waals surface area contributed by atoms with Gasteiger partial charge in [0.1, 0.15) is 5.75 Å². The summed E-state index contributed by atoms with van der Waals surface area (Å²) in [7, 11) is 0. The zero-order valence-electron chi connectivity index (χ0n) is 12.3. The van der Waals surface area contributed by atoms with Crippen molar-refractivity contribution in [2.24, 2.45) is 5.92 Å². The number of amides is 1. The molecule has 2 N–H and O–H groups in total. The standard InChI is InChI=1S/C16H24N2O2/c1-12(2)11-18(14-6-7-14)16(19)8-9-20-15-5-3-4-13(17)10-15/h3-5,10,12,14H,6-9,11,17H2,1-2H3. The zero-order chi connectivity index (χ0) is 14.5. The van der Waals surface area contributed by atoms with Crippen LogP contribution in [0.25, 0.3) is 0 Å². The Kier molecular flexibility index (Phi) is 4.88. The van der Waals surface area contributed by atoms with Gasteiger partial charge in [-0.2, -0.15) is 0 Å². The largest absolute Gasteiger partial charge is 0.493 e. The van der Waals surface area contributed by atoms with Crippen molar-refractivity contribution < 1.29 is 9.53 Å². The van der Waals surface area contributed by atoms with Crippen LogP contribution in [0.3, 0.4) is 0 Å². The summed E-state index contributed by atoms with van der Waals surface area (Å²) in [6.07, 6.45) is 2.72. The quantitative estimate of drug-likeness (QED) is 0.779. The molecule has 1 amide bonds. The van der Waals surface area contributed by atoms with E-state index >= 15 is 0 Å². The van der Waals surface area contributed by atoms with E-state index in [9.17, 15) is 4.79 Å². The number of hydrogen-bond acceptors (Lipinski definition) is 3. The Labute approximate surface area is 120 Å². The van der Waals surface area contributed by atoms with E-state index in [1.165, 1.54) is 0 Å². The van der Waals surface area contributed by atoms with Gasteiger partial charge in [-0.15, -0.1) is 0 Å². The maximum atomic E-state index is 12.2. The van der Waals surface area contributed by atoms with Gasteiger partial charge in [0.05, 0.1) is 13.0 Å². The molecular weight excluding hydrogens is 252 g/mol. The van der Waals surface area contributed by atoms with Crippen molar-refractivity contribution in [1.29, 1.82) is 0 Å². The molecule has 1 aliphatic carbocycles. The molecule has 1 saturated carbocycles. The lowest BCUT2D eigenvalue weighted by molar-refractivity contribution is -0.132. The number of hydrogen-bond donors (Lipinski definition) is 1. The summed E-state index contributed by atoms with van der Waals surface area (Å²) in [5, 5.41) is 0. The van der Waals surface area contributed by atoms with Gasteiger partial charge in [0.2, 0.25) is 5.91 Å². The monoisotopic (exact) mass is 276 g/mol. The topological polar surface area (TPSA) is 55.6 Å². The molecule has 1 aliphatic rings. The van der Waals surface area contributed by atoms with Crippen LogP contribution in [0.1, 0.15) is 33.1 Å². The number of carbonyl (C=O) groups is 1. The van der Waals surface area contributed by atoms with Crippen LogP contribution in [0.2, 0.25) is 0 Å². The first-order valence-corrected chi connectivity index (χ1v) is 7.34. The smallest absolute Gasteiger partial charge is 0.226 e. The third-order valence-electron chi connectivity index (χ3n) is 3.31. The molecule has 1 aromatic carbocycles. The fourth-order valence-corrected chi connectivity index (χ4v) is 2.24. The number of nitrogens with zero attached hydrogens (tertiary/aromatic N) is 1. The average molecular weight is 276 g/mol. The first-order chi connectivity index (χ1) is 9.56. The minimum atomic E-state index is 0.199. The summed E-state index contributed by atoms with van der Waals surface area (Å²) in [6.45, 7) is 5.54. The van der Waals surface area contributed by atoms with E-state index in [1.54, 1.807) is 6.07 Å². The lowest BCUT2D eigenvalue weighted by Gasteiger charge is -2.24. The Morgan fingerprint density at radius 2 is 2.20 bits per heavy atom. The summed E-state index contributed by atoms with van der Waals surface area (Å²) in [5.74, 6) is 1.43. The maximum Gasteiger partial charge on any atom is 0.226 e. The highest BCUT2D eigenvalue weighted by molar-refractivity contribution is 5.77. The molecule has 0 aliphatic heterocycles. The van der Waals surface area contributed by atoms with Crippen LogP contribution in [0, 0.1) is 5.92 Å². The molecule has 2 rings (SSSR count). The maximum absolute atomic E-state index is 12.2. The van der Waals surface area contributed by atoms with Crippen LogP contribution in [-0.4, -0.2) is 30.0 Å². The van der Waals surface area contributed by atoms with Crippen LogP contribution < -0.4 is 10.5 Å². The summed E-state index contributed by atoms with van der Waals surface area (Å²) in [6, 6.07) is 7.76. The van der Waals surface area contributed by atoms with E-state index in [0.29, 0.717) is 30.7 Å². The van der Waals surface area contributed by atoms with Gasteiger partial charge in [-0.05, 0) is 30.9 Å². The Balaban J connectivity index is 1.78. The lowest BCUT2D eigenvalue weighted by Crippen LogP contribution is -2.36. The minimum absolute atomic E-state index is 0.199. The molecule has 4 heteroatoms. The molecule has 20 heavy (non-hydrogen) atoms. The second-order valence-electron chi connectivity index (χ2n) is 5.84. The van der Waals surface area contributed by atoms with Crippen molar-refractivity contribution in [3.63, 3.8) is 0 Å². The molecule has 1 aromatic rings. The highest BCUT2D eigenvalue weighted by Crippen LogP contribution is 2.28. The van der Waals surface area contributed by atoms with Crippen molar-refractivity contribution in [3.8, 4) is 5.75 Å². The highest BCUT2D eigenvalue weighted by Gasteiger charge is 2.32. The lowest BCUT2D eigenvalue weighted by atomic mass is 10.2. The molecule has 0 heterocycles. The molecule has 110 valence electrons. The second-order valence-corrected chi connectivity index (χ2v) is 5.84. The van der Waals surface area contributed by atoms with Crippen molar-refractivity contribution in [1.82, 2.24) is 4.90 Å². The van der Waals surface area contributed by atoms with E-state index in [-0.39, 0.29) is 5.91 Å². The van der Waals surface area contributed by atoms with Crippen molar-refractivity contribution in [3.05, 3.63) is 24.3 Å². The molecule has 0 radical (unpaired) electrons. The number of rotatable bonds is 7. The number of anilines is 1. The first kappa shape index (κ1) is 14.7. The van der Waals surface area contributed by atoms with Crippen molar-refractivity contribution in [2.75, 3.05) is 18.9 Å². The Bertz CT molecular complexity index is 456. The molecule has 0 atom stereocenters. The summed E-state index contributed by atoms with van der Waals surface area (Å²) >= 11 is 0. The van der Waals surface area contributed by atoms with Gasteiger partial charge in [-0.1, -0.05) is 19.9 Å². The third kappa shape index (κ3) is 4.44. The van der Waals surface area contributed by atoms with Crippen molar-refractivity contribution >= 4 is 11.6 Å². The number of nitrogen functional groups attached to an aromatic ring is 1. The van der Waals surface area contributed by atoms with Crippen LogP contribution in [0.15, 0.2) is 24.3 Å². The molecular formula is C16H24N2O2. The molecule has 1 fully saturated rings. The number of ether oxygens (including phenoxy) is 1. The summed E-state index contributed by atoms with van der Waals surface area (Å²) in [4.78, 5) is 14.3. The van der Waals surface area contributed by atoms with Crippen molar-refractivity contribution in [2.45, 2.75) is 39.2 Å². The van der Waals surface area contributed by atoms with Crippen LogP contribution >= 0.6 is 0 Å². The fraction of sp³-hybridized carbons (Fsp3) is 0.562. The molecule has 4 nitrogen and oxygen atoms in total. The Hall–Kier alpha value is -1.71. The van der Waals surface area contributed by atoms with Crippen LogP contribution in [0.4, 0.5) is 5.69 Å². The van der Waals surface area contributed by atoms with E-state index in [2.05, 4.69) is 13.8 Å². The number of nitrogens with two attached hydrogens (primary N) is 1. The molecule has 0 bridgehead atoms. The van der Waals surface area contributed by atoms with E-state index in [4.69, 9.17) is 10.5 Å². The highest BCUT2D eigenvalue weighted by atomic mass is 16.5. The Morgan fingerprint density at radius 3 is 2.80 bits per heavy atom. The van der Waals surface area contributed by atoms with Gasteiger partial charge < -0.3 is 15.4 Å². The van der Waals surface area contributed by atoms with Gasteiger partial charge in [-0.25, -0.2) is 0 Å². The van der Waals surface area contributed by atoms with Gasteiger partial charge in [-0.3, -0.25) is 4.79 Å². The van der Waals surface area contributed by atoms with Gasteiger partial charge >= 0.3 is 0 Å². The molecule has 0 aromatic heterocycles. The second kappa shape index (κ2) is 6.64.